The molecule has 1 aliphatic rings. The lowest BCUT2D eigenvalue weighted by molar-refractivity contribution is -0.667. The molecule has 4 heterocycles. The third-order valence-corrected chi connectivity index (χ3v) is 10.4. The highest BCUT2D eigenvalue weighted by Crippen LogP contribution is 2.48. The van der Waals surface area contributed by atoms with Crippen molar-refractivity contribution in [1.82, 2.24) is 0 Å². The molecule has 0 amide bonds. The Bertz CT molecular complexity index is 1990. The Morgan fingerprint density at radius 1 is 0.927 bits per heavy atom. The normalized spacial score (nSPS) is 15.0. The van der Waals surface area contributed by atoms with Gasteiger partial charge in [-0.05, 0) is 55.0 Å². The molecule has 0 spiro atoms. The lowest BCUT2D eigenvalue weighted by Crippen LogP contribution is -2.36. The minimum Gasteiger partial charge on any atom is -0.748 e. The van der Waals surface area contributed by atoms with Crippen LogP contribution in [0, 0.1) is 0 Å². The first-order valence-electron chi connectivity index (χ1n) is 12.6. The fourth-order valence-corrected chi connectivity index (χ4v) is 8.20. The molecule has 0 bridgehead atoms. The predicted octanol–water partition coefficient (Wildman–Crippen LogP) is 4.98. The van der Waals surface area contributed by atoms with Crippen LogP contribution in [0.5, 0.6) is 0 Å². The number of thiazole rings is 1. The van der Waals surface area contributed by atoms with Gasteiger partial charge in [-0.25, -0.2) is 16.8 Å². The van der Waals surface area contributed by atoms with E-state index in [0.717, 1.165) is 41.8 Å². The van der Waals surface area contributed by atoms with Crippen molar-refractivity contribution in [3.63, 3.8) is 0 Å². The molecule has 10 nitrogen and oxygen atoms in total. The van der Waals surface area contributed by atoms with Crippen LogP contribution >= 0.6 is 23.1 Å². The molecule has 2 aromatic carbocycles. The summed E-state index contributed by atoms with van der Waals surface area (Å²) in [5, 5.41) is 2.51. The summed E-state index contributed by atoms with van der Waals surface area (Å²) in [5.74, 6) is -0.281. The summed E-state index contributed by atoms with van der Waals surface area (Å²) < 4.78 is 82.2. The molecule has 14 heteroatoms. The van der Waals surface area contributed by atoms with E-state index in [4.69, 9.17) is 8.83 Å². The Hall–Kier alpha value is -3.14. The van der Waals surface area contributed by atoms with Crippen LogP contribution in [0.3, 0.4) is 0 Å². The average Bonchev–Trinajstić information content (AvgIpc) is 3.69. The Morgan fingerprint density at radius 2 is 1.73 bits per heavy atom. The van der Waals surface area contributed by atoms with Crippen molar-refractivity contribution >= 4 is 76.3 Å². The molecule has 6 rings (SSSR count). The van der Waals surface area contributed by atoms with E-state index in [0.29, 0.717) is 24.4 Å². The highest BCUT2D eigenvalue weighted by atomic mass is 32.2. The highest BCUT2D eigenvalue weighted by molar-refractivity contribution is 8.04. The molecule has 214 valence electrons. The summed E-state index contributed by atoms with van der Waals surface area (Å²) in [6, 6.07) is 15.2. The number of aromatic nitrogens is 1. The van der Waals surface area contributed by atoms with Crippen molar-refractivity contribution in [2.24, 2.45) is 0 Å². The predicted molar refractivity (Wildman–Crippen MR) is 155 cm³/mol. The number of thioether (sulfide) groups is 1. The van der Waals surface area contributed by atoms with Gasteiger partial charge in [-0.3, -0.25) is 0 Å². The Morgan fingerprint density at radius 3 is 2.49 bits per heavy atom. The molecule has 0 fully saturated rings. The summed E-state index contributed by atoms with van der Waals surface area (Å²) >= 11 is 3.03. The van der Waals surface area contributed by atoms with Gasteiger partial charge in [0.15, 0.2) is 6.54 Å². The van der Waals surface area contributed by atoms with Gasteiger partial charge in [0.25, 0.3) is 5.01 Å². The van der Waals surface area contributed by atoms with E-state index < -0.39 is 31.7 Å². The summed E-state index contributed by atoms with van der Waals surface area (Å²) in [6.45, 7) is 0.583. The number of rotatable bonds is 10. The molecule has 0 saturated heterocycles. The first-order valence-corrected chi connectivity index (χ1v) is 17.4. The summed E-state index contributed by atoms with van der Waals surface area (Å²) in [6.07, 6.45) is 5.44. The third kappa shape index (κ3) is 6.08. The first kappa shape index (κ1) is 28.0. The van der Waals surface area contributed by atoms with Crippen LogP contribution in [0.4, 0.5) is 5.69 Å². The number of aryl methyl sites for hydroxylation is 1. The number of anilines is 1. The van der Waals surface area contributed by atoms with Crippen LogP contribution in [0.25, 0.3) is 38.6 Å². The second kappa shape index (κ2) is 10.9. The van der Waals surface area contributed by atoms with Gasteiger partial charge in [0.2, 0.25) is 5.52 Å². The van der Waals surface area contributed by atoms with E-state index in [1.54, 1.807) is 18.6 Å². The summed E-state index contributed by atoms with van der Waals surface area (Å²) in [5.41, 5.74) is 3.28. The van der Waals surface area contributed by atoms with Crippen LogP contribution < -0.4 is 9.47 Å². The molecule has 3 aromatic heterocycles. The molecule has 0 saturated carbocycles. The van der Waals surface area contributed by atoms with E-state index in [-0.39, 0.29) is 12.8 Å². The van der Waals surface area contributed by atoms with E-state index >= 15 is 0 Å². The Kier molecular flexibility index (Phi) is 7.46. The van der Waals surface area contributed by atoms with Gasteiger partial charge in [0.05, 0.1) is 54.9 Å². The number of nitrogens with zero attached hydrogens (tertiary/aromatic N) is 2. The zero-order chi connectivity index (χ0) is 28.8. The summed E-state index contributed by atoms with van der Waals surface area (Å²) in [4.78, 5) is 2.95. The second-order valence-electron chi connectivity index (χ2n) is 9.46. The van der Waals surface area contributed by atoms with E-state index in [9.17, 15) is 25.9 Å². The minimum atomic E-state index is -4.38. The molecule has 1 aliphatic heterocycles. The number of hydrogen-bond donors (Lipinski definition) is 0. The van der Waals surface area contributed by atoms with Gasteiger partial charge in [0.1, 0.15) is 16.0 Å². The van der Waals surface area contributed by atoms with E-state index in [1.165, 1.54) is 23.1 Å². The zero-order valence-corrected chi connectivity index (χ0v) is 24.7. The number of benzene rings is 2. The Balaban J connectivity index is 1.43. The van der Waals surface area contributed by atoms with Crippen molar-refractivity contribution < 1.29 is 39.3 Å². The fourth-order valence-electron chi connectivity index (χ4n) is 4.92. The maximum Gasteiger partial charge on any atom is 0.265 e. The lowest BCUT2D eigenvalue weighted by atomic mass is 10.1. The lowest BCUT2D eigenvalue weighted by Gasteiger charge is -2.21. The number of hydrogen-bond acceptors (Lipinski definition) is 11. The first-order chi connectivity index (χ1) is 19.6. The van der Waals surface area contributed by atoms with E-state index in [1.807, 2.05) is 58.0 Å². The maximum absolute atomic E-state index is 11.4. The zero-order valence-electron chi connectivity index (χ0n) is 21.4. The molecular formula is C27H23N2O8S4-. The van der Waals surface area contributed by atoms with E-state index in [2.05, 4.69) is 0 Å². The van der Waals surface area contributed by atoms with Crippen LogP contribution in [0.15, 0.2) is 79.8 Å². The van der Waals surface area contributed by atoms with Crippen molar-refractivity contribution in [2.45, 2.75) is 24.3 Å². The minimum absolute atomic E-state index is 0.136. The maximum atomic E-state index is 11.4. The molecule has 5 aromatic rings. The smallest absolute Gasteiger partial charge is 0.265 e. The standard InChI is InChI=1S/C27H24N2O8S4/c30-40(31,32)14-2-10-28-20-16-18(21-4-1-12-36-21)5-7-23(20)38-25(28)17-26-29(11-3-15-41(33,34)35)27-19-9-13-37-22(19)6-8-24(27)39-26/h1,4-9,12-13,16-17H,2-3,10-11,14-15H2,(H-,30,31,32,33,34,35)/p-1. The monoisotopic (exact) mass is 631 g/mol. The topological polar surface area (TPSA) is 148 Å². The molecule has 0 N–H and O–H groups in total. The van der Waals surface area contributed by atoms with Crippen LogP contribution in [-0.2, 0) is 26.8 Å². The van der Waals surface area contributed by atoms with Crippen LogP contribution in [0.2, 0.25) is 0 Å². The molecule has 0 atom stereocenters. The van der Waals surface area contributed by atoms with Crippen LogP contribution in [-0.4, -0.2) is 44.0 Å². The van der Waals surface area contributed by atoms with Gasteiger partial charge < -0.3 is 22.8 Å². The Labute approximate surface area is 244 Å². The van der Waals surface area contributed by atoms with Crippen molar-refractivity contribution in [3.8, 4) is 11.3 Å². The average molecular weight is 632 g/mol. The molecule has 0 aliphatic carbocycles. The third-order valence-electron chi connectivity index (χ3n) is 6.66. The van der Waals surface area contributed by atoms with Crippen molar-refractivity contribution in [1.29, 1.82) is 0 Å². The molecule has 41 heavy (non-hydrogen) atoms. The number of furan rings is 2. The summed E-state index contributed by atoms with van der Waals surface area (Å²) in [7, 11) is -8.75. The molecular weight excluding hydrogens is 609 g/mol. The van der Waals surface area contributed by atoms with Crippen molar-refractivity contribution in [2.75, 3.05) is 23.0 Å². The molecule has 0 unspecified atom stereocenters. The van der Waals surface area contributed by atoms with Gasteiger partial charge in [-0.15, -0.1) is 0 Å². The highest BCUT2D eigenvalue weighted by Gasteiger charge is 2.29. The van der Waals surface area contributed by atoms with Crippen LogP contribution in [0.1, 0.15) is 17.8 Å². The van der Waals surface area contributed by atoms with Crippen molar-refractivity contribution in [3.05, 3.63) is 71.1 Å². The second-order valence-corrected chi connectivity index (χ2v) is 14.6. The van der Waals surface area contributed by atoms with Gasteiger partial charge in [0, 0.05) is 34.9 Å². The number of fused-ring (bicyclic) bond motifs is 4. The SMILES string of the molecule is O=S(=O)([O-])CCCN1/C(=C/c2sc3ccc4occc4c3[n+]2CCCS(=O)(=O)[O-])Sc2ccc(-c3ccco3)cc21. The quantitative estimate of drug-likeness (QED) is 0.153. The molecule has 0 radical (unpaired) electrons. The van der Waals surface area contributed by atoms with Gasteiger partial charge in [-0.2, -0.15) is 4.57 Å². The van der Waals surface area contributed by atoms with Gasteiger partial charge >= 0.3 is 0 Å². The van der Waals surface area contributed by atoms with Gasteiger partial charge in [-0.1, -0.05) is 23.1 Å². The fraction of sp³-hybridized carbons (Fsp3) is 0.222. The largest absolute Gasteiger partial charge is 0.748 e.